The van der Waals surface area contributed by atoms with E-state index in [1.807, 2.05) is 35.9 Å². The summed E-state index contributed by atoms with van der Waals surface area (Å²) in [6, 6.07) is 9.45. The number of nitrogens with zero attached hydrogens (tertiary/aromatic N) is 4. The first-order valence-corrected chi connectivity index (χ1v) is 8.89. The SMILES string of the molecule is Cn1c(CNC(=O)Cn2nc3c(cc2=O)CCCC3)nc2ccccc21. The van der Waals surface area contributed by atoms with Gasteiger partial charge in [-0.1, -0.05) is 12.1 Å². The van der Waals surface area contributed by atoms with Crippen molar-refractivity contribution in [3.05, 3.63) is 57.8 Å². The summed E-state index contributed by atoms with van der Waals surface area (Å²) < 4.78 is 3.22. The van der Waals surface area contributed by atoms with Gasteiger partial charge in [0.2, 0.25) is 5.91 Å². The second-order valence-corrected chi connectivity index (χ2v) is 6.67. The Morgan fingerprint density at radius 3 is 2.88 bits per heavy atom. The average Bonchev–Trinajstić information content (AvgIpc) is 2.97. The summed E-state index contributed by atoms with van der Waals surface area (Å²) in [6.07, 6.45) is 3.95. The number of para-hydroxylation sites is 2. The fourth-order valence-corrected chi connectivity index (χ4v) is 3.44. The normalized spacial score (nSPS) is 13.6. The predicted octanol–water partition coefficient (Wildman–Crippen LogP) is 1.33. The first-order chi connectivity index (χ1) is 12.6. The Morgan fingerprint density at radius 2 is 2.04 bits per heavy atom. The number of aromatic nitrogens is 4. The molecule has 0 saturated carbocycles. The molecule has 1 amide bonds. The van der Waals surface area contributed by atoms with Crippen molar-refractivity contribution in [1.29, 1.82) is 0 Å². The van der Waals surface area contributed by atoms with Gasteiger partial charge in [-0.15, -0.1) is 0 Å². The van der Waals surface area contributed by atoms with Crippen LogP contribution in [0.15, 0.2) is 35.1 Å². The largest absolute Gasteiger partial charge is 0.347 e. The minimum absolute atomic E-state index is 0.0734. The molecule has 0 atom stereocenters. The summed E-state index contributed by atoms with van der Waals surface area (Å²) in [7, 11) is 1.92. The number of aryl methyl sites for hydroxylation is 3. The van der Waals surface area contributed by atoms with Gasteiger partial charge in [-0.05, 0) is 43.4 Å². The second-order valence-electron chi connectivity index (χ2n) is 6.67. The molecule has 0 fully saturated rings. The van der Waals surface area contributed by atoms with E-state index in [9.17, 15) is 9.59 Å². The Balaban J connectivity index is 1.45. The molecule has 1 aromatic carbocycles. The van der Waals surface area contributed by atoms with Crippen LogP contribution in [0.25, 0.3) is 11.0 Å². The van der Waals surface area contributed by atoms with Crippen molar-refractivity contribution in [3.63, 3.8) is 0 Å². The number of fused-ring (bicyclic) bond motifs is 2. The number of hydrogen-bond donors (Lipinski definition) is 1. The van der Waals surface area contributed by atoms with E-state index in [1.54, 1.807) is 6.07 Å². The van der Waals surface area contributed by atoms with Gasteiger partial charge in [-0.2, -0.15) is 5.10 Å². The number of benzene rings is 1. The third kappa shape index (κ3) is 3.12. The molecule has 1 aliphatic rings. The molecule has 3 aromatic rings. The first-order valence-electron chi connectivity index (χ1n) is 8.89. The Kier molecular flexibility index (Phi) is 4.28. The summed E-state index contributed by atoms with van der Waals surface area (Å²) >= 11 is 0. The molecule has 134 valence electrons. The van der Waals surface area contributed by atoms with E-state index in [2.05, 4.69) is 15.4 Å². The predicted molar refractivity (Wildman–Crippen MR) is 97.7 cm³/mol. The number of carbonyl (C=O) groups excluding carboxylic acids is 1. The maximum Gasteiger partial charge on any atom is 0.267 e. The molecule has 0 saturated heterocycles. The minimum atomic E-state index is -0.248. The summed E-state index contributed by atoms with van der Waals surface area (Å²) in [5, 5.41) is 7.22. The monoisotopic (exact) mass is 351 g/mol. The summed E-state index contributed by atoms with van der Waals surface area (Å²) in [4.78, 5) is 29.0. The van der Waals surface area contributed by atoms with Gasteiger partial charge < -0.3 is 9.88 Å². The molecule has 1 aliphatic carbocycles. The maximum absolute atomic E-state index is 12.3. The lowest BCUT2D eigenvalue weighted by molar-refractivity contribution is -0.122. The summed E-state index contributed by atoms with van der Waals surface area (Å²) in [6.45, 7) is 0.236. The third-order valence-corrected chi connectivity index (χ3v) is 4.89. The van der Waals surface area contributed by atoms with Gasteiger partial charge in [-0.3, -0.25) is 9.59 Å². The molecule has 1 N–H and O–H groups in total. The third-order valence-electron chi connectivity index (χ3n) is 4.89. The van der Waals surface area contributed by atoms with Crippen molar-refractivity contribution < 1.29 is 4.79 Å². The van der Waals surface area contributed by atoms with Gasteiger partial charge in [0, 0.05) is 13.1 Å². The molecule has 0 spiro atoms. The fraction of sp³-hybridized carbons (Fsp3) is 0.368. The number of nitrogens with one attached hydrogen (secondary N) is 1. The zero-order valence-electron chi connectivity index (χ0n) is 14.7. The van der Waals surface area contributed by atoms with Crippen LogP contribution in [-0.4, -0.2) is 25.2 Å². The van der Waals surface area contributed by atoms with Crippen LogP contribution in [0, 0.1) is 0 Å². The Bertz CT molecular complexity index is 1030. The van der Waals surface area contributed by atoms with E-state index >= 15 is 0 Å². The lowest BCUT2D eigenvalue weighted by Crippen LogP contribution is -2.35. The number of hydrogen-bond acceptors (Lipinski definition) is 4. The first kappa shape index (κ1) is 16.5. The van der Waals surface area contributed by atoms with Crippen LogP contribution in [0.5, 0.6) is 0 Å². The molecule has 0 unspecified atom stereocenters. The van der Waals surface area contributed by atoms with Gasteiger partial charge in [0.05, 0.1) is 23.3 Å². The standard InChI is InChI=1S/C19H21N5O2/c1-23-16-9-5-4-8-15(16)21-17(23)11-20-18(25)12-24-19(26)10-13-6-2-3-7-14(13)22-24/h4-5,8-10H,2-3,6-7,11-12H2,1H3,(H,20,25). The van der Waals surface area contributed by atoms with E-state index < -0.39 is 0 Å². The van der Waals surface area contributed by atoms with Crippen LogP contribution in [0.3, 0.4) is 0 Å². The lowest BCUT2D eigenvalue weighted by atomic mass is 9.97. The topological polar surface area (TPSA) is 81.8 Å². The second kappa shape index (κ2) is 6.74. The number of imidazole rings is 1. The molecule has 26 heavy (non-hydrogen) atoms. The van der Waals surface area contributed by atoms with E-state index in [1.165, 1.54) is 4.68 Å². The molecule has 2 heterocycles. The molecular formula is C19H21N5O2. The zero-order chi connectivity index (χ0) is 18.1. The van der Waals surface area contributed by atoms with Gasteiger partial charge in [-0.25, -0.2) is 9.67 Å². The van der Waals surface area contributed by atoms with Crippen LogP contribution in [0.1, 0.15) is 29.9 Å². The minimum Gasteiger partial charge on any atom is -0.347 e. The van der Waals surface area contributed by atoms with Crippen molar-refractivity contribution in [2.75, 3.05) is 0 Å². The van der Waals surface area contributed by atoms with E-state index in [-0.39, 0.29) is 18.0 Å². The van der Waals surface area contributed by atoms with Crippen LogP contribution in [0.2, 0.25) is 0 Å². The van der Waals surface area contributed by atoms with Crippen LogP contribution < -0.4 is 10.9 Å². The van der Waals surface area contributed by atoms with Crippen molar-refractivity contribution in [2.45, 2.75) is 38.8 Å². The van der Waals surface area contributed by atoms with Gasteiger partial charge in [0.25, 0.3) is 5.56 Å². The molecule has 7 heteroatoms. The van der Waals surface area contributed by atoms with Gasteiger partial charge in [0.15, 0.2) is 0 Å². The highest BCUT2D eigenvalue weighted by molar-refractivity contribution is 5.77. The smallest absolute Gasteiger partial charge is 0.267 e. The number of carbonyl (C=O) groups is 1. The highest BCUT2D eigenvalue weighted by Crippen LogP contribution is 2.17. The molecular weight excluding hydrogens is 330 g/mol. The average molecular weight is 351 g/mol. The number of rotatable bonds is 4. The molecule has 0 bridgehead atoms. The van der Waals surface area contributed by atoms with Crippen molar-refractivity contribution >= 4 is 16.9 Å². The van der Waals surface area contributed by atoms with Crippen molar-refractivity contribution in [3.8, 4) is 0 Å². The van der Waals surface area contributed by atoms with Crippen LogP contribution >= 0.6 is 0 Å². The van der Waals surface area contributed by atoms with E-state index in [0.717, 1.165) is 53.8 Å². The van der Waals surface area contributed by atoms with Crippen molar-refractivity contribution in [1.82, 2.24) is 24.6 Å². The summed E-state index contributed by atoms with van der Waals surface area (Å²) in [5.74, 6) is 0.521. The molecule has 0 radical (unpaired) electrons. The number of amides is 1. The highest BCUT2D eigenvalue weighted by Gasteiger charge is 2.15. The summed E-state index contributed by atoms with van der Waals surface area (Å²) in [5.41, 5.74) is 3.66. The van der Waals surface area contributed by atoms with Crippen LogP contribution in [0.4, 0.5) is 0 Å². The quantitative estimate of drug-likeness (QED) is 0.769. The van der Waals surface area contributed by atoms with E-state index in [0.29, 0.717) is 6.54 Å². The Labute approximate surface area is 150 Å². The van der Waals surface area contributed by atoms with Crippen LogP contribution in [-0.2, 0) is 37.8 Å². The van der Waals surface area contributed by atoms with E-state index in [4.69, 9.17) is 0 Å². The van der Waals surface area contributed by atoms with Crippen molar-refractivity contribution in [2.24, 2.45) is 7.05 Å². The molecule has 0 aliphatic heterocycles. The molecule has 4 rings (SSSR count). The Morgan fingerprint density at radius 1 is 1.23 bits per heavy atom. The highest BCUT2D eigenvalue weighted by atomic mass is 16.2. The van der Waals surface area contributed by atoms with Gasteiger partial charge >= 0.3 is 0 Å². The Hall–Kier alpha value is -2.96. The molecule has 2 aromatic heterocycles. The van der Waals surface area contributed by atoms with Gasteiger partial charge in [0.1, 0.15) is 12.4 Å². The lowest BCUT2D eigenvalue weighted by Gasteiger charge is -2.15. The maximum atomic E-state index is 12.3. The molecule has 7 nitrogen and oxygen atoms in total. The zero-order valence-corrected chi connectivity index (χ0v) is 14.7. The fourth-order valence-electron chi connectivity index (χ4n) is 3.44.